The summed E-state index contributed by atoms with van der Waals surface area (Å²) in [6.07, 6.45) is 5.26. The Hall–Kier alpha value is -3.60. The lowest BCUT2D eigenvalue weighted by Crippen LogP contribution is -2.29. The molecule has 37 heavy (non-hydrogen) atoms. The molecule has 4 rings (SSSR count). The van der Waals surface area contributed by atoms with E-state index >= 15 is 0 Å². The number of hydrogen-bond donors (Lipinski definition) is 1. The van der Waals surface area contributed by atoms with Gasteiger partial charge in [-0.3, -0.25) is 4.79 Å². The number of esters is 1. The van der Waals surface area contributed by atoms with Gasteiger partial charge in [0.1, 0.15) is 5.60 Å². The number of carbonyl (C=O) groups excluding carboxylic acids is 2. The monoisotopic (exact) mass is 498 g/mol. The summed E-state index contributed by atoms with van der Waals surface area (Å²) >= 11 is 0. The van der Waals surface area contributed by atoms with Crippen LogP contribution in [0.15, 0.2) is 66.7 Å². The summed E-state index contributed by atoms with van der Waals surface area (Å²) in [6.45, 7) is 9.49. The number of aryl methyl sites for hydroxylation is 3. The number of nitrogens with one attached hydrogen (secondary N) is 1. The standard InChI is InChI=1S/C32H38N2O3/c1-23-13-17-26(34-19-9-6-10-20-34)22-28(23)30(35)33-29-21-25(15-14-24-11-7-5-8-12-24)16-18-27(29)31(36)37-32(2,3)4/h5,7-8,11-13,16-18,21-22H,6,9-10,14-15,19-20H2,1-4H3,(H,33,35). The maximum atomic E-state index is 13.5. The highest BCUT2D eigenvalue weighted by Gasteiger charge is 2.23. The molecule has 1 aliphatic rings. The number of carbonyl (C=O) groups is 2. The van der Waals surface area contributed by atoms with Crippen LogP contribution in [0.5, 0.6) is 0 Å². The average molecular weight is 499 g/mol. The molecule has 1 N–H and O–H groups in total. The average Bonchev–Trinajstić information content (AvgIpc) is 2.88. The summed E-state index contributed by atoms with van der Waals surface area (Å²) in [5.74, 6) is -0.669. The van der Waals surface area contributed by atoms with E-state index in [1.165, 1.54) is 24.8 Å². The van der Waals surface area contributed by atoms with Gasteiger partial charge in [0, 0.05) is 24.3 Å². The van der Waals surface area contributed by atoms with Gasteiger partial charge in [-0.25, -0.2) is 4.79 Å². The van der Waals surface area contributed by atoms with Crippen molar-refractivity contribution < 1.29 is 14.3 Å². The van der Waals surface area contributed by atoms with E-state index in [1.54, 1.807) is 6.07 Å². The summed E-state index contributed by atoms with van der Waals surface area (Å²) in [7, 11) is 0. The first-order chi connectivity index (χ1) is 17.7. The van der Waals surface area contributed by atoms with Gasteiger partial charge < -0.3 is 15.0 Å². The second kappa shape index (κ2) is 11.6. The second-order valence-corrected chi connectivity index (χ2v) is 10.9. The van der Waals surface area contributed by atoms with Crippen molar-refractivity contribution in [2.45, 2.75) is 65.4 Å². The summed E-state index contributed by atoms with van der Waals surface area (Å²) in [4.78, 5) is 28.9. The Morgan fingerprint density at radius 1 is 0.838 bits per heavy atom. The van der Waals surface area contributed by atoms with Crippen LogP contribution in [0.3, 0.4) is 0 Å². The van der Waals surface area contributed by atoms with Gasteiger partial charge in [0.15, 0.2) is 0 Å². The Morgan fingerprint density at radius 3 is 2.24 bits per heavy atom. The van der Waals surface area contributed by atoms with Gasteiger partial charge in [0.2, 0.25) is 0 Å². The lowest BCUT2D eigenvalue weighted by atomic mass is 10.0. The fraction of sp³-hybridized carbons (Fsp3) is 0.375. The minimum atomic E-state index is -0.635. The third-order valence-electron chi connectivity index (χ3n) is 6.68. The van der Waals surface area contributed by atoms with Crippen LogP contribution in [0.2, 0.25) is 0 Å². The molecule has 1 fully saturated rings. The molecule has 1 amide bonds. The number of anilines is 2. The van der Waals surface area contributed by atoms with E-state index < -0.39 is 11.6 Å². The minimum Gasteiger partial charge on any atom is -0.456 e. The van der Waals surface area contributed by atoms with Crippen LogP contribution in [0.25, 0.3) is 0 Å². The van der Waals surface area contributed by atoms with Gasteiger partial charge in [-0.1, -0.05) is 42.5 Å². The molecular weight excluding hydrogens is 460 g/mol. The largest absolute Gasteiger partial charge is 0.456 e. The van der Waals surface area contributed by atoms with Crippen LogP contribution in [0, 0.1) is 6.92 Å². The molecule has 1 aliphatic heterocycles. The molecule has 5 heteroatoms. The third kappa shape index (κ3) is 7.22. The molecule has 0 radical (unpaired) electrons. The summed E-state index contributed by atoms with van der Waals surface area (Å²) < 4.78 is 5.65. The van der Waals surface area contributed by atoms with Crippen LogP contribution in [-0.4, -0.2) is 30.6 Å². The van der Waals surface area contributed by atoms with Crippen molar-refractivity contribution in [3.05, 3.63) is 94.5 Å². The first kappa shape index (κ1) is 26.5. The highest BCUT2D eigenvalue weighted by Crippen LogP contribution is 2.26. The molecule has 1 saturated heterocycles. The summed E-state index contributed by atoms with van der Waals surface area (Å²) in [5, 5.41) is 3.04. The molecule has 0 aromatic heterocycles. The zero-order valence-corrected chi connectivity index (χ0v) is 22.5. The minimum absolute atomic E-state index is 0.221. The van der Waals surface area contributed by atoms with Gasteiger partial charge in [-0.05, 0) is 101 Å². The highest BCUT2D eigenvalue weighted by atomic mass is 16.6. The third-order valence-corrected chi connectivity index (χ3v) is 6.68. The number of amides is 1. The van der Waals surface area contributed by atoms with Gasteiger partial charge in [0.05, 0.1) is 11.3 Å². The van der Waals surface area contributed by atoms with E-state index in [4.69, 9.17) is 4.74 Å². The Labute approximate surface area is 220 Å². The van der Waals surface area contributed by atoms with E-state index in [9.17, 15) is 9.59 Å². The van der Waals surface area contributed by atoms with E-state index in [0.29, 0.717) is 16.8 Å². The smallest absolute Gasteiger partial charge is 0.340 e. The fourth-order valence-electron chi connectivity index (χ4n) is 4.69. The first-order valence-corrected chi connectivity index (χ1v) is 13.3. The van der Waals surface area contributed by atoms with Crippen molar-refractivity contribution in [1.29, 1.82) is 0 Å². The Kier molecular flexibility index (Phi) is 8.32. The molecule has 0 spiro atoms. The van der Waals surface area contributed by atoms with E-state index in [0.717, 1.165) is 42.7 Å². The quantitative estimate of drug-likeness (QED) is 0.357. The number of nitrogens with zero attached hydrogens (tertiary/aromatic N) is 1. The molecule has 0 saturated carbocycles. The fourth-order valence-corrected chi connectivity index (χ4v) is 4.69. The summed E-state index contributed by atoms with van der Waals surface area (Å²) in [5.41, 5.74) is 5.08. The van der Waals surface area contributed by atoms with E-state index in [2.05, 4.69) is 28.4 Å². The first-order valence-electron chi connectivity index (χ1n) is 13.3. The van der Waals surface area contributed by atoms with Crippen LogP contribution in [0.1, 0.15) is 77.4 Å². The van der Waals surface area contributed by atoms with Crippen molar-refractivity contribution >= 4 is 23.3 Å². The Bertz CT molecular complexity index is 1240. The van der Waals surface area contributed by atoms with Gasteiger partial charge in [-0.15, -0.1) is 0 Å². The highest BCUT2D eigenvalue weighted by molar-refractivity contribution is 6.09. The van der Waals surface area contributed by atoms with Crippen LogP contribution >= 0.6 is 0 Å². The van der Waals surface area contributed by atoms with Crippen LogP contribution in [0.4, 0.5) is 11.4 Å². The SMILES string of the molecule is Cc1ccc(N2CCCCC2)cc1C(=O)Nc1cc(CCc2ccccc2)ccc1C(=O)OC(C)(C)C. The molecule has 3 aromatic carbocycles. The molecule has 0 bridgehead atoms. The molecule has 0 unspecified atom stereocenters. The molecule has 194 valence electrons. The predicted octanol–water partition coefficient (Wildman–Crippen LogP) is 6.98. The second-order valence-electron chi connectivity index (χ2n) is 10.9. The lowest BCUT2D eigenvalue weighted by molar-refractivity contribution is 0.00707. The molecule has 0 atom stereocenters. The number of piperidine rings is 1. The number of benzene rings is 3. The maximum Gasteiger partial charge on any atom is 0.340 e. The lowest BCUT2D eigenvalue weighted by Gasteiger charge is -2.29. The Morgan fingerprint density at radius 2 is 1.54 bits per heavy atom. The molecule has 1 heterocycles. The normalized spacial score (nSPS) is 13.8. The molecule has 5 nitrogen and oxygen atoms in total. The molecule has 0 aliphatic carbocycles. The number of rotatable bonds is 7. The van der Waals surface area contributed by atoms with Crippen LogP contribution in [-0.2, 0) is 17.6 Å². The van der Waals surface area contributed by atoms with Gasteiger partial charge in [0.25, 0.3) is 5.91 Å². The van der Waals surface area contributed by atoms with Gasteiger partial charge in [-0.2, -0.15) is 0 Å². The summed E-state index contributed by atoms with van der Waals surface area (Å²) in [6, 6.07) is 22.0. The maximum absolute atomic E-state index is 13.5. The van der Waals surface area contributed by atoms with Gasteiger partial charge >= 0.3 is 5.97 Å². The Balaban J connectivity index is 1.60. The van der Waals surface area contributed by atoms with Crippen molar-refractivity contribution in [2.24, 2.45) is 0 Å². The number of ether oxygens (including phenoxy) is 1. The number of hydrogen-bond acceptors (Lipinski definition) is 4. The van der Waals surface area contributed by atoms with Crippen molar-refractivity contribution in [2.75, 3.05) is 23.3 Å². The van der Waals surface area contributed by atoms with E-state index in [1.807, 2.05) is 70.2 Å². The van der Waals surface area contributed by atoms with Crippen molar-refractivity contribution in [3.63, 3.8) is 0 Å². The zero-order valence-electron chi connectivity index (χ0n) is 22.5. The molecule has 3 aromatic rings. The van der Waals surface area contributed by atoms with E-state index in [-0.39, 0.29) is 5.91 Å². The van der Waals surface area contributed by atoms with Crippen LogP contribution < -0.4 is 10.2 Å². The van der Waals surface area contributed by atoms with Crippen molar-refractivity contribution in [1.82, 2.24) is 0 Å². The predicted molar refractivity (Wildman–Crippen MR) is 151 cm³/mol. The molecular formula is C32H38N2O3. The zero-order chi connectivity index (χ0) is 26.4. The topological polar surface area (TPSA) is 58.6 Å². The van der Waals surface area contributed by atoms with Crippen molar-refractivity contribution in [3.8, 4) is 0 Å².